The van der Waals surface area contributed by atoms with Gasteiger partial charge >= 0.3 is 0 Å². The Morgan fingerprint density at radius 1 is 0.443 bits per heavy atom. The molecule has 0 saturated carbocycles. The summed E-state index contributed by atoms with van der Waals surface area (Å²) in [7, 11) is 0. The molecule has 2 rings (SSSR count). The summed E-state index contributed by atoms with van der Waals surface area (Å²) in [6.07, 6.45) is 45.2. The Labute approximate surface area is 481 Å². The first-order chi connectivity index (χ1) is 38.6. The second-order valence-corrected chi connectivity index (χ2v) is 23.6. The summed E-state index contributed by atoms with van der Waals surface area (Å²) < 4.78 is 22.8. The zero-order valence-electron chi connectivity index (χ0n) is 50.4. The lowest BCUT2D eigenvalue weighted by Gasteiger charge is -2.46. The van der Waals surface area contributed by atoms with Crippen molar-refractivity contribution in [3.8, 4) is 0 Å². The van der Waals surface area contributed by atoms with E-state index in [1.807, 2.05) is 6.08 Å². The maximum atomic E-state index is 13.3. The summed E-state index contributed by atoms with van der Waals surface area (Å²) >= 11 is 0. The molecule has 2 heterocycles. The lowest BCUT2D eigenvalue weighted by molar-refractivity contribution is -0.359. The lowest BCUT2D eigenvalue weighted by atomic mass is 9.97. The topological polar surface area (TPSA) is 228 Å². The Morgan fingerprint density at radius 3 is 1.24 bits per heavy atom. The van der Waals surface area contributed by atoms with Crippen LogP contribution in [0.25, 0.3) is 0 Å². The molecule has 14 heteroatoms. The fourth-order valence-electron chi connectivity index (χ4n) is 11.1. The predicted molar refractivity (Wildman–Crippen MR) is 318 cm³/mol. The van der Waals surface area contributed by atoms with Crippen LogP contribution in [0.5, 0.6) is 0 Å². The zero-order valence-corrected chi connectivity index (χ0v) is 50.4. The van der Waals surface area contributed by atoms with Crippen LogP contribution in [0.1, 0.15) is 290 Å². The van der Waals surface area contributed by atoms with Gasteiger partial charge in [0.15, 0.2) is 12.6 Å². The molecule has 0 aromatic carbocycles. The molecule has 0 aromatic rings. The van der Waals surface area contributed by atoms with Crippen molar-refractivity contribution in [1.29, 1.82) is 0 Å². The first-order valence-corrected chi connectivity index (χ1v) is 33.1. The molecule has 0 radical (unpaired) electrons. The molecule has 14 nitrogen and oxygen atoms in total. The van der Waals surface area contributed by atoms with E-state index in [1.54, 1.807) is 6.08 Å². The summed E-state index contributed by atoms with van der Waals surface area (Å²) in [4.78, 5) is 13.3. The number of aliphatic hydroxyl groups is 8. The third-order valence-corrected chi connectivity index (χ3v) is 16.4. The number of hydrogen-bond donors (Lipinski definition) is 9. The van der Waals surface area contributed by atoms with Crippen molar-refractivity contribution < 1.29 is 64.6 Å². The smallest absolute Gasteiger partial charge is 0.220 e. The highest BCUT2D eigenvalue weighted by Gasteiger charge is 2.51. The number of carbonyl (C=O) groups excluding carboxylic acids is 1. The molecule has 0 spiro atoms. The van der Waals surface area contributed by atoms with Gasteiger partial charge in [-0.05, 0) is 32.1 Å². The van der Waals surface area contributed by atoms with Crippen molar-refractivity contribution in [3.05, 3.63) is 24.3 Å². The van der Waals surface area contributed by atoms with Gasteiger partial charge in [-0.15, -0.1) is 0 Å². The average molecular weight is 1130 g/mol. The Balaban J connectivity index is 1.71. The van der Waals surface area contributed by atoms with Crippen LogP contribution < -0.4 is 5.32 Å². The maximum Gasteiger partial charge on any atom is 0.220 e. The van der Waals surface area contributed by atoms with Crippen molar-refractivity contribution in [2.24, 2.45) is 0 Å². The molecular formula is C65H123NO13. The van der Waals surface area contributed by atoms with E-state index in [9.17, 15) is 45.6 Å². The highest BCUT2D eigenvalue weighted by Crippen LogP contribution is 2.30. The van der Waals surface area contributed by atoms with Crippen LogP contribution in [-0.4, -0.2) is 140 Å². The molecule has 466 valence electrons. The summed E-state index contributed by atoms with van der Waals surface area (Å²) in [6, 6.07) is -0.928. The van der Waals surface area contributed by atoms with E-state index in [4.69, 9.17) is 18.9 Å². The van der Waals surface area contributed by atoms with Crippen LogP contribution in [0, 0.1) is 0 Å². The van der Waals surface area contributed by atoms with Crippen LogP contribution in [0.3, 0.4) is 0 Å². The summed E-state index contributed by atoms with van der Waals surface area (Å²) in [5.74, 6) is -0.243. The number of hydrogen-bond acceptors (Lipinski definition) is 13. The molecule has 0 bridgehead atoms. The predicted octanol–water partition coefficient (Wildman–Crippen LogP) is 12.4. The van der Waals surface area contributed by atoms with Gasteiger partial charge in [-0.1, -0.05) is 276 Å². The normalized spacial score (nSPS) is 24.5. The highest BCUT2D eigenvalue weighted by molar-refractivity contribution is 5.76. The Kier molecular flexibility index (Phi) is 47.4. The molecule has 12 atom stereocenters. The molecule has 0 aliphatic carbocycles. The SMILES string of the molecule is CCCCCCCCCCCCCCC/C=C/CC/C=C/C(O)C(COC1OC(CO)C(OC2OC(CO)C(O)C(O)C2O)C(O)C1O)NC(=O)CCCCCCCCCCCCCCCCCCCCCCCCCCCC. The third-order valence-electron chi connectivity index (χ3n) is 16.4. The molecule has 1 amide bonds. The average Bonchev–Trinajstić information content (AvgIpc) is 3.48. The van der Waals surface area contributed by atoms with Crippen LogP contribution in [0.4, 0.5) is 0 Å². The van der Waals surface area contributed by atoms with Gasteiger partial charge in [0.05, 0.1) is 32.0 Å². The number of carbonyl (C=O) groups is 1. The van der Waals surface area contributed by atoms with E-state index in [1.165, 1.54) is 225 Å². The van der Waals surface area contributed by atoms with Crippen molar-refractivity contribution >= 4 is 5.91 Å². The molecule has 12 unspecified atom stereocenters. The highest BCUT2D eigenvalue weighted by atomic mass is 16.7. The molecule has 9 N–H and O–H groups in total. The van der Waals surface area contributed by atoms with Crippen molar-refractivity contribution in [1.82, 2.24) is 5.32 Å². The second-order valence-electron chi connectivity index (χ2n) is 23.6. The van der Waals surface area contributed by atoms with E-state index >= 15 is 0 Å². The quantitative estimate of drug-likeness (QED) is 0.0204. The Bertz CT molecular complexity index is 1420. The van der Waals surface area contributed by atoms with Gasteiger partial charge in [0.1, 0.15) is 48.8 Å². The fourth-order valence-corrected chi connectivity index (χ4v) is 11.1. The summed E-state index contributed by atoms with van der Waals surface area (Å²) in [5.41, 5.74) is 0. The third kappa shape index (κ3) is 36.0. The molecule has 0 aromatic heterocycles. The van der Waals surface area contributed by atoms with Crippen molar-refractivity contribution in [2.75, 3.05) is 19.8 Å². The fraction of sp³-hybridized carbons (Fsp3) is 0.923. The van der Waals surface area contributed by atoms with E-state index in [0.717, 1.165) is 32.1 Å². The molecule has 2 aliphatic rings. The number of amides is 1. The number of aliphatic hydroxyl groups excluding tert-OH is 8. The summed E-state index contributed by atoms with van der Waals surface area (Å²) in [5, 5.41) is 87.2. The molecule has 79 heavy (non-hydrogen) atoms. The van der Waals surface area contributed by atoms with Gasteiger partial charge < -0.3 is 65.1 Å². The van der Waals surface area contributed by atoms with Gasteiger partial charge in [0, 0.05) is 6.42 Å². The maximum absolute atomic E-state index is 13.3. The van der Waals surface area contributed by atoms with Crippen LogP contribution in [-0.2, 0) is 23.7 Å². The minimum atomic E-state index is -1.79. The van der Waals surface area contributed by atoms with Crippen molar-refractivity contribution in [3.63, 3.8) is 0 Å². The lowest BCUT2D eigenvalue weighted by Crippen LogP contribution is -2.65. The standard InChI is InChI=1S/C65H123NO13/c1-3-5-7-9-11-13-15-17-19-21-23-24-25-26-27-28-29-31-33-35-37-39-41-43-45-47-49-57(70)66-53(54(69)48-46-44-42-40-38-36-34-32-30-22-20-18-16-14-12-10-8-6-4-2)52-76-64-62(75)60(73)63(56(51-68)78-64)79-65-61(74)59(72)58(71)55(50-67)77-65/h38,40,46,48,53-56,58-65,67-69,71-75H,3-37,39,41-45,47,49-52H2,1-2H3,(H,66,70)/b40-38+,48-46+. The Morgan fingerprint density at radius 2 is 0.810 bits per heavy atom. The van der Waals surface area contributed by atoms with Crippen molar-refractivity contribution in [2.45, 2.75) is 364 Å². The van der Waals surface area contributed by atoms with Gasteiger partial charge in [0.2, 0.25) is 5.91 Å². The minimum Gasteiger partial charge on any atom is -0.394 e. The van der Waals surface area contributed by atoms with Gasteiger partial charge in [-0.2, -0.15) is 0 Å². The first kappa shape index (κ1) is 73.6. The van der Waals surface area contributed by atoms with Gasteiger partial charge in [-0.3, -0.25) is 4.79 Å². The molecule has 2 fully saturated rings. The number of ether oxygens (including phenoxy) is 4. The monoisotopic (exact) mass is 1130 g/mol. The van der Waals surface area contributed by atoms with Crippen LogP contribution >= 0.6 is 0 Å². The minimum absolute atomic E-state index is 0.243. The van der Waals surface area contributed by atoms with E-state index in [-0.39, 0.29) is 18.9 Å². The summed E-state index contributed by atoms with van der Waals surface area (Å²) in [6.45, 7) is 2.82. The van der Waals surface area contributed by atoms with Crippen LogP contribution in [0.2, 0.25) is 0 Å². The largest absolute Gasteiger partial charge is 0.394 e. The zero-order chi connectivity index (χ0) is 57.4. The first-order valence-electron chi connectivity index (χ1n) is 33.1. The molecule has 2 saturated heterocycles. The van der Waals surface area contributed by atoms with E-state index < -0.39 is 86.8 Å². The number of unbranched alkanes of at least 4 members (excludes halogenated alkanes) is 39. The molecule has 2 aliphatic heterocycles. The Hall–Kier alpha value is -1.53. The van der Waals surface area contributed by atoms with E-state index in [2.05, 4.69) is 31.3 Å². The van der Waals surface area contributed by atoms with E-state index in [0.29, 0.717) is 12.8 Å². The number of allylic oxidation sites excluding steroid dienone is 3. The second kappa shape index (κ2) is 50.9. The number of nitrogens with one attached hydrogen (secondary N) is 1. The van der Waals surface area contributed by atoms with Gasteiger partial charge in [0.25, 0.3) is 0 Å². The van der Waals surface area contributed by atoms with Crippen LogP contribution in [0.15, 0.2) is 24.3 Å². The van der Waals surface area contributed by atoms with Gasteiger partial charge in [-0.25, -0.2) is 0 Å². The molecular weight excluding hydrogens is 1000 g/mol. The number of rotatable bonds is 54.